The summed E-state index contributed by atoms with van der Waals surface area (Å²) in [5.41, 5.74) is 5.78. The smallest absolute Gasteiger partial charge is 0.188 e. The van der Waals surface area contributed by atoms with Gasteiger partial charge in [-0.15, -0.1) is 0 Å². The van der Waals surface area contributed by atoms with Gasteiger partial charge < -0.3 is 11.1 Å². The number of unbranched alkanes of at least 4 members (excludes halogenated alkanes) is 3. The number of sulfone groups is 1. The van der Waals surface area contributed by atoms with Crippen LogP contribution in [0, 0.1) is 5.92 Å². The molecule has 0 aromatic heterocycles. The van der Waals surface area contributed by atoms with Crippen LogP contribution in [0.25, 0.3) is 0 Å². The van der Waals surface area contributed by atoms with Crippen molar-refractivity contribution < 1.29 is 8.42 Å². The predicted molar refractivity (Wildman–Crippen MR) is 80.0 cm³/mol. The fourth-order valence-corrected chi connectivity index (χ4v) is 3.76. The maximum atomic E-state index is 11.3. The molecule has 0 unspecified atom stereocenters. The summed E-state index contributed by atoms with van der Waals surface area (Å²) < 4.78 is 22.6. The van der Waals surface area contributed by atoms with Gasteiger partial charge in [-0.05, 0) is 25.2 Å². The highest BCUT2D eigenvalue weighted by molar-refractivity contribution is 7.91. The van der Waals surface area contributed by atoms with E-state index < -0.39 is 9.84 Å². The lowest BCUT2D eigenvalue weighted by atomic mass is 10.0. The SMILES string of the molecule is CCCCCCNC(N)=NCC1CCS(=O)(=O)CC1. The Morgan fingerprint density at radius 1 is 1.26 bits per heavy atom. The van der Waals surface area contributed by atoms with E-state index in [9.17, 15) is 8.42 Å². The van der Waals surface area contributed by atoms with E-state index in [0.29, 0.717) is 29.9 Å². The maximum absolute atomic E-state index is 11.3. The molecule has 0 amide bonds. The summed E-state index contributed by atoms with van der Waals surface area (Å²) in [6.45, 7) is 3.70. The Bertz CT molecular complexity index is 365. The van der Waals surface area contributed by atoms with Crippen LogP contribution in [0.15, 0.2) is 4.99 Å². The Labute approximate surface area is 117 Å². The average molecular weight is 289 g/mol. The number of nitrogens with zero attached hydrogens (tertiary/aromatic N) is 1. The van der Waals surface area contributed by atoms with Crippen LogP contribution >= 0.6 is 0 Å². The zero-order chi connectivity index (χ0) is 14.1. The van der Waals surface area contributed by atoms with E-state index in [2.05, 4.69) is 17.2 Å². The fourth-order valence-electron chi connectivity index (χ4n) is 2.17. The first kappa shape index (κ1) is 16.3. The van der Waals surface area contributed by atoms with E-state index >= 15 is 0 Å². The van der Waals surface area contributed by atoms with Crippen LogP contribution in [0.1, 0.15) is 45.4 Å². The minimum absolute atomic E-state index is 0.303. The van der Waals surface area contributed by atoms with Crippen molar-refractivity contribution in [1.82, 2.24) is 5.32 Å². The summed E-state index contributed by atoms with van der Waals surface area (Å²) in [5, 5.41) is 3.11. The standard InChI is InChI=1S/C13H27N3O2S/c1-2-3-4-5-8-15-13(14)16-11-12-6-9-19(17,18)10-7-12/h12H,2-11H2,1H3,(H3,14,15,16). The van der Waals surface area contributed by atoms with E-state index in [0.717, 1.165) is 25.8 Å². The number of guanidine groups is 1. The molecular weight excluding hydrogens is 262 g/mol. The van der Waals surface area contributed by atoms with Gasteiger partial charge >= 0.3 is 0 Å². The van der Waals surface area contributed by atoms with Crippen molar-refractivity contribution in [2.24, 2.45) is 16.6 Å². The van der Waals surface area contributed by atoms with E-state index in [1.165, 1.54) is 19.3 Å². The second kappa shape index (κ2) is 8.40. The van der Waals surface area contributed by atoms with Crippen LogP contribution in [-0.2, 0) is 9.84 Å². The Hall–Kier alpha value is -0.780. The van der Waals surface area contributed by atoms with Crippen LogP contribution in [0.5, 0.6) is 0 Å². The van der Waals surface area contributed by atoms with Crippen molar-refractivity contribution >= 4 is 15.8 Å². The third kappa shape index (κ3) is 7.40. The van der Waals surface area contributed by atoms with Gasteiger partial charge in [0.1, 0.15) is 9.84 Å². The third-order valence-corrected chi connectivity index (χ3v) is 5.25. The lowest BCUT2D eigenvalue weighted by molar-refractivity contribution is 0.474. The zero-order valence-corrected chi connectivity index (χ0v) is 12.7. The number of aliphatic imine (C=N–C) groups is 1. The van der Waals surface area contributed by atoms with Gasteiger partial charge in [0.05, 0.1) is 11.5 Å². The van der Waals surface area contributed by atoms with Crippen molar-refractivity contribution in [3.63, 3.8) is 0 Å². The molecule has 112 valence electrons. The molecule has 0 saturated carbocycles. The molecule has 1 heterocycles. The van der Waals surface area contributed by atoms with Gasteiger partial charge in [0.25, 0.3) is 0 Å². The lowest BCUT2D eigenvalue weighted by Crippen LogP contribution is -2.33. The van der Waals surface area contributed by atoms with Gasteiger partial charge in [-0.1, -0.05) is 26.2 Å². The maximum Gasteiger partial charge on any atom is 0.188 e. The minimum atomic E-state index is -2.77. The van der Waals surface area contributed by atoms with Crippen molar-refractivity contribution in [3.8, 4) is 0 Å². The minimum Gasteiger partial charge on any atom is -0.370 e. The van der Waals surface area contributed by atoms with Gasteiger partial charge in [0, 0.05) is 13.1 Å². The zero-order valence-electron chi connectivity index (χ0n) is 11.9. The van der Waals surface area contributed by atoms with Gasteiger partial charge in [-0.3, -0.25) is 4.99 Å². The molecule has 3 N–H and O–H groups in total. The Morgan fingerprint density at radius 3 is 2.58 bits per heavy atom. The van der Waals surface area contributed by atoms with E-state index in [-0.39, 0.29) is 0 Å². The third-order valence-electron chi connectivity index (χ3n) is 3.53. The first-order chi connectivity index (χ1) is 9.03. The van der Waals surface area contributed by atoms with E-state index in [4.69, 9.17) is 5.73 Å². The van der Waals surface area contributed by atoms with Gasteiger partial charge in [0.15, 0.2) is 5.96 Å². The summed E-state index contributed by atoms with van der Waals surface area (Å²) in [6.07, 6.45) is 6.26. The van der Waals surface area contributed by atoms with Crippen molar-refractivity contribution in [2.45, 2.75) is 45.4 Å². The number of rotatable bonds is 7. The molecule has 1 aliphatic heterocycles. The predicted octanol–water partition coefficient (Wildman–Crippen LogP) is 1.30. The van der Waals surface area contributed by atoms with E-state index in [1.54, 1.807) is 0 Å². The summed E-state index contributed by atoms with van der Waals surface area (Å²) >= 11 is 0. The molecular formula is C13H27N3O2S. The van der Waals surface area contributed by atoms with Crippen LogP contribution < -0.4 is 11.1 Å². The second-order valence-electron chi connectivity index (χ2n) is 5.31. The largest absolute Gasteiger partial charge is 0.370 e. The van der Waals surface area contributed by atoms with Crippen LogP contribution in [0.3, 0.4) is 0 Å². The molecule has 0 spiro atoms. The molecule has 1 rings (SSSR count). The number of nitrogens with one attached hydrogen (secondary N) is 1. The van der Waals surface area contributed by atoms with Crippen LogP contribution in [0.2, 0.25) is 0 Å². The number of nitrogens with two attached hydrogens (primary N) is 1. The molecule has 0 aromatic carbocycles. The second-order valence-corrected chi connectivity index (χ2v) is 7.61. The van der Waals surface area contributed by atoms with Crippen molar-refractivity contribution in [2.75, 3.05) is 24.6 Å². The van der Waals surface area contributed by atoms with Crippen molar-refractivity contribution in [3.05, 3.63) is 0 Å². The first-order valence-corrected chi connectivity index (χ1v) is 9.10. The molecule has 0 bridgehead atoms. The molecule has 0 aliphatic carbocycles. The Balaban J connectivity index is 2.14. The molecule has 1 saturated heterocycles. The molecule has 19 heavy (non-hydrogen) atoms. The highest BCUT2D eigenvalue weighted by Crippen LogP contribution is 2.18. The summed E-state index contributed by atoms with van der Waals surface area (Å²) in [6, 6.07) is 0. The molecule has 0 radical (unpaired) electrons. The molecule has 6 heteroatoms. The van der Waals surface area contributed by atoms with Crippen molar-refractivity contribution in [1.29, 1.82) is 0 Å². The Kier molecular flexibility index (Phi) is 7.20. The average Bonchev–Trinajstić information content (AvgIpc) is 2.37. The summed E-state index contributed by atoms with van der Waals surface area (Å²) in [5.74, 6) is 1.46. The molecule has 1 aliphatic rings. The number of hydrogen-bond donors (Lipinski definition) is 2. The number of hydrogen-bond acceptors (Lipinski definition) is 3. The normalized spacial score (nSPS) is 20.4. The molecule has 5 nitrogen and oxygen atoms in total. The van der Waals surface area contributed by atoms with Gasteiger partial charge in [0.2, 0.25) is 0 Å². The van der Waals surface area contributed by atoms with E-state index in [1.807, 2.05) is 0 Å². The Morgan fingerprint density at radius 2 is 1.95 bits per heavy atom. The van der Waals surface area contributed by atoms with Gasteiger partial charge in [-0.2, -0.15) is 0 Å². The summed E-state index contributed by atoms with van der Waals surface area (Å²) in [4.78, 5) is 4.30. The van der Waals surface area contributed by atoms with Crippen LogP contribution in [-0.4, -0.2) is 39.0 Å². The fraction of sp³-hybridized carbons (Fsp3) is 0.923. The first-order valence-electron chi connectivity index (χ1n) is 7.27. The quantitative estimate of drug-likeness (QED) is 0.420. The molecule has 1 fully saturated rings. The topological polar surface area (TPSA) is 84.5 Å². The lowest BCUT2D eigenvalue weighted by Gasteiger charge is -2.20. The molecule has 0 atom stereocenters. The highest BCUT2D eigenvalue weighted by atomic mass is 32.2. The van der Waals surface area contributed by atoms with Gasteiger partial charge in [-0.25, -0.2) is 8.42 Å². The monoisotopic (exact) mass is 289 g/mol. The van der Waals surface area contributed by atoms with Crippen LogP contribution in [0.4, 0.5) is 0 Å². The molecule has 0 aromatic rings. The summed E-state index contributed by atoms with van der Waals surface area (Å²) in [7, 11) is -2.77. The highest BCUT2D eigenvalue weighted by Gasteiger charge is 2.23.